The van der Waals surface area contributed by atoms with Gasteiger partial charge in [-0.1, -0.05) is 6.08 Å². The summed E-state index contributed by atoms with van der Waals surface area (Å²) in [5.41, 5.74) is 0.865. The maximum atomic E-state index is 4.95. The molecule has 0 unspecified atom stereocenters. The maximum absolute atomic E-state index is 4.95. The smallest absolute Gasteiger partial charge is 0.129 e. The summed E-state index contributed by atoms with van der Waals surface area (Å²) in [6.45, 7) is 4.81. The molecule has 1 aromatic heterocycles. The fourth-order valence-corrected chi connectivity index (χ4v) is 0.898. The second kappa shape index (κ2) is 5.27. The minimum absolute atomic E-state index is 0.505. The summed E-state index contributed by atoms with van der Waals surface area (Å²) in [6.07, 6.45) is 3.29. The zero-order chi connectivity index (χ0) is 9.52. The van der Waals surface area contributed by atoms with E-state index < -0.39 is 0 Å². The maximum Gasteiger partial charge on any atom is 0.129 e. The molecule has 0 aliphatic rings. The molecule has 0 saturated heterocycles. The lowest BCUT2D eigenvalue weighted by Crippen LogP contribution is -2.02. The van der Waals surface area contributed by atoms with Gasteiger partial charge in [-0.2, -0.15) is 0 Å². The van der Waals surface area contributed by atoms with Gasteiger partial charge in [0.25, 0.3) is 0 Å². The number of nitrogens with zero attached hydrogens (tertiary/aromatic N) is 2. The van der Waals surface area contributed by atoms with Crippen LogP contribution < -0.4 is 5.32 Å². The summed E-state index contributed by atoms with van der Waals surface area (Å²) >= 11 is 0. The fraction of sp³-hybridized carbons (Fsp3) is 0.333. The lowest BCUT2D eigenvalue weighted by molar-refractivity contribution is 0.181. The Bertz CT molecular complexity index is 275. The van der Waals surface area contributed by atoms with Gasteiger partial charge in [-0.3, -0.25) is 0 Å². The van der Waals surface area contributed by atoms with E-state index in [4.69, 9.17) is 4.74 Å². The molecule has 0 radical (unpaired) electrons. The summed E-state index contributed by atoms with van der Waals surface area (Å²) in [5.74, 6) is 0.793. The van der Waals surface area contributed by atoms with Crippen molar-refractivity contribution in [2.24, 2.45) is 0 Å². The molecule has 0 saturated carbocycles. The van der Waals surface area contributed by atoms with Crippen molar-refractivity contribution in [3.8, 4) is 0 Å². The third-order valence-corrected chi connectivity index (χ3v) is 1.44. The molecule has 70 valence electrons. The molecule has 0 aromatic carbocycles. The fourth-order valence-electron chi connectivity index (χ4n) is 0.898. The van der Waals surface area contributed by atoms with E-state index in [1.54, 1.807) is 13.2 Å². The minimum Gasteiger partial charge on any atom is -0.378 e. The third-order valence-electron chi connectivity index (χ3n) is 1.44. The lowest BCUT2D eigenvalue weighted by atomic mass is 10.4. The van der Waals surface area contributed by atoms with Gasteiger partial charge in [0.15, 0.2) is 0 Å². The number of hydrogen-bond donors (Lipinski definition) is 1. The first kappa shape index (κ1) is 9.67. The molecule has 0 aliphatic heterocycles. The Morgan fingerprint density at radius 2 is 2.46 bits per heavy atom. The highest BCUT2D eigenvalue weighted by atomic mass is 16.5. The molecule has 0 amide bonds. The summed E-state index contributed by atoms with van der Waals surface area (Å²) in [6, 6.07) is 1.85. The van der Waals surface area contributed by atoms with Crippen LogP contribution in [-0.2, 0) is 11.3 Å². The molecule has 1 heterocycles. The monoisotopic (exact) mass is 179 g/mol. The molecule has 13 heavy (non-hydrogen) atoms. The Labute approximate surface area is 77.7 Å². The molecule has 1 rings (SSSR count). The van der Waals surface area contributed by atoms with Crippen LogP contribution in [0, 0.1) is 0 Å². The molecular formula is C9H13N3O. The van der Waals surface area contributed by atoms with E-state index >= 15 is 0 Å². The van der Waals surface area contributed by atoms with E-state index in [0.29, 0.717) is 13.2 Å². The minimum atomic E-state index is 0.505. The van der Waals surface area contributed by atoms with Crippen LogP contribution in [0.5, 0.6) is 0 Å². The molecular weight excluding hydrogens is 166 g/mol. The van der Waals surface area contributed by atoms with Crippen molar-refractivity contribution in [2.75, 3.05) is 19.0 Å². The highest BCUT2D eigenvalue weighted by molar-refractivity contribution is 5.35. The van der Waals surface area contributed by atoms with Crippen LogP contribution in [0.25, 0.3) is 0 Å². The predicted molar refractivity (Wildman–Crippen MR) is 51.4 cm³/mol. The first-order chi connectivity index (χ1) is 6.36. The van der Waals surface area contributed by atoms with Gasteiger partial charge in [-0.05, 0) is 0 Å². The standard InChI is InChI=1S/C9H13N3O/c1-3-4-10-9-5-8(6-13-2)11-7-12-9/h3,5,7H,1,4,6H2,2H3,(H,10,11,12). The van der Waals surface area contributed by atoms with Crippen LogP contribution in [0.1, 0.15) is 5.69 Å². The SMILES string of the molecule is C=CCNc1cc(COC)ncn1. The van der Waals surface area contributed by atoms with Gasteiger partial charge in [0.2, 0.25) is 0 Å². The van der Waals surface area contributed by atoms with Crippen molar-refractivity contribution in [1.82, 2.24) is 9.97 Å². The molecule has 4 nitrogen and oxygen atoms in total. The van der Waals surface area contributed by atoms with Crippen LogP contribution in [0.2, 0.25) is 0 Å². The Morgan fingerprint density at radius 1 is 1.62 bits per heavy atom. The second-order valence-corrected chi connectivity index (χ2v) is 2.50. The molecule has 0 bridgehead atoms. The largest absolute Gasteiger partial charge is 0.378 e. The number of ether oxygens (including phenoxy) is 1. The van der Waals surface area contributed by atoms with E-state index in [1.165, 1.54) is 6.33 Å². The van der Waals surface area contributed by atoms with Crippen molar-refractivity contribution < 1.29 is 4.74 Å². The number of nitrogens with one attached hydrogen (secondary N) is 1. The van der Waals surface area contributed by atoms with Gasteiger partial charge >= 0.3 is 0 Å². The first-order valence-electron chi connectivity index (χ1n) is 4.01. The summed E-state index contributed by atoms with van der Waals surface area (Å²) in [5, 5.41) is 3.07. The lowest BCUT2D eigenvalue weighted by Gasteiger charge is -2.03. The predicted octanol–water partition coefficient (Wildman–Crippen LogP) is 1.22. The van der Waals surface area contributed by atoms with Crippen LogP contribution >= 0.6 is 0 Å². The number of anilines is 1. The van der Waals surface area contributed by atoms with Crippen molar-refractivity contribution in [1.29, 1.82) is 0 Å². The number of aromatic nitrogens is 2. The molecule has 0 atom stereocenters. The third kappa shape index (κ3) is 3.21. The van der Waals surface area contributed by atoms with E-state index in [0.717, 1.165) is 11.5 Å². The average molecular weight is 179 g/mol. The van der Waals surface area contributed by atoms with Crippen molar-refractivity contribution in [3.63, 3.8) is 0 Å². The Balaban J connectivity index is 2.61. The number of methoxy groups -OCH3 is 1. The van der Waals surface area contributed by atoms with E-state index in [1.807, 2.05) is 6.07 Å². The highest BCUT2D eigenvalue weighted by Gasteiger charge is 1.96. The van der Waals surface area contributed by atoms with Crippen LogP contribution in [0.15, 0.2) is 25.0 Å². The zero-order valence-corrected chi connectivity index (χ0v) is 7.66. The normalized spacial score (nSPS) is 9.62. The average Bonchev–Trinajstić information content (AvgIpc) is 2.16. The Kier molecular flexibility index (Phi) is 3.92. The molecule has 4 heteroatoms. The highest BCUT2D eigenvalue weighted by Crippen LogP contribution is 2.03. The van der Waals surface area contributed by atoms with Crippen molar-refractivity contribution in [3.05, 3.63) is 30.7 Å². The Hall–Kier alpha value is -1.42. The van der Waals surface area contributed by atoms with Gasteiger partial charge in [-0.25, -0.2) is 9.97 Å². The number of hydrogen-bond acceptors (Lipinski definition) is 4. The molecule has 0 aliphatic carbocycles. The number of rotatable bonds is 5. The Morgan fingerprint density at radius 3 is 3.15 bits per heavy atom. The van der Waals surface area contributed by atoms with E-state index in [2.05, 4.69) is 21.9 Å². The van der Waals surface area contributed by atoms with E-state index in [9.17, 15) is 0 Å². The van der Waals surface area contributed by atoms with Crippen LogP contribution in [0.4, 0.5) is 5.82 Å². The van der Waals surface area contributed by atoms with Gasteiger partial charge in [0.05, 0.1) is 12.3 Å². The summed E-state index contributed by atoms with van der Waals surface area (Å²) in [7, 11) is 1.64. The van der Waals surface area contributed by atoms with Crippen molar-refractivity contribution in [2.45, 2.75) is 6.61 Å². The molecule has 0 fully saturated rings. The quantitative estimate of drug-likeness (QED) is 0.690. The topological polar surface area (TPSA) is 47.0 Å². The second-order valence-electron chi connectivity index (χ2n) is 2.50. The summed E-state index contributed by atoms with van der Waals surface area (Å²) in [4.78, 5) is 8.07. The summed E-state index contributed by atoms with van der Waals surface area (Å²) < 4.78 is 4.95. The van der Waals surface area contributed by atoms with Gasteiger partial charge in [0, 0.05) is 19.7 Å². The zero-order valence-electron chi connectivity index (χ0n) is 7.66. The van der Waals surface area contributed by atoms with Crippen LogP contribution in [-0.4, -0.2) is 23.6 Å². The van der Waals surface area contributed by atoms with Crippen molar-refractivity contribution >= 4 is 5.82 Å². The van der Waals surface area contributed by atoms with Gasteiger partial charge in [-0.15, -0.1) is 6.58 Å². The van der Waals surface area contributed by atoms with Crippen LogP contribution in [0.3, 0.4) is 0 Å². The molecule has 1 aromatic rings. The molecule has 0 spiro atoms. The van der Waals surface area contributed by atoms with Gasteiger partial charge in [0.1, 0.15) is 12.1 Å². The van der Waals surface area contributed by atoms with Gasteiger partial charge < -0.3 is 10.1 Å². The molecule has 1 N–H and O–H groups in total. The van der Waals surface area contributed by atoms with E-state index in [-0.39, 0.29) is 0 Å². The first-order valence-corrected chi connectivity index (χ1v) is 4.01.